The van der Waals surface area contributed by atoms with E-state index in [1.54, 1.807) is 7.11 Å². The molecule has 0 amide bonds. The van der Waals surface area contributed by atoms with Crippen LogP contribution in [0.1, 0.15) is 11.1 Å². The highest BCUT2D eigenvalue weighted by Gasteiger charge is 2.11. The Bertz CT molecular complexity index is 1050. The van der Waals surface area contributed by atoms with Gasteiger partial charge < -0.3 is 13.9 Å². The molecule has 4 aromatic rings. The molecule has 3 aromatic carbocycles. The lowest BCUT2D eigenvalue weighted by molar-refractivity contribution is 0.415. The minimum atomic E-state index is 0.850. The highest BCUT2D eigenvalue weighted by Crippen LogP contribution is 2.35. The number of methoxy groups -OCH3 is 1. The van der Waals surface area contributed by atoms with Crippen molar-refractivity contribution in [3.8, 4) is 11.5 Å². The fourth-order valence-electron chi connectivity index (χ4n) is 2.98. The molecule has 126 valence electrons. The summed E-state index contributed by atoms with van der Waals surface area (Å²) >= 11 is 1.38. The van der Waals surface area contributed by atoms with Crippen molar-refractivity contribution in [2.75, 3.05) is 7.11 Å². The van der Waals surface area contributed by atoms with Crippen LogP contribution >= 0.6 is 12.0 Å². The Kier molecular flexibility index (Phi) is 4.06. The molecule has 0 unspecified atom stereocenters. The van der Waals surface area contributed by atoms with Gasteiger partial charge in [0.05, 0.1) is 30.2 Å². The van der Waals surface area contributed by atoms with Crippen LogP contribution in [0.3, 0.4) is 0 Å². The molecule has 25 heavy (non-hydrogen) atoms. The zero-order chi connectivity index (χ0) is 17.4. The van der Waals surface area contributed by atoms with Crippen LogP contribution < -0.4 is 8.92 Å². The van der Waals surface area contributed by atoms with E-state index in [2.05, 4.69) is 55.2 Å². The summed E-state index contributed by atoms with van der Waals surface area (Å²) < 4.78 is 11.3. The van der Waals surface area contributed by atoms with Gasteiger partial charge in [0, 0.05) is 27.3 Å². The van der Waals surface area contributed by atoms with E-state index in [1.807, 2.05) is 18.2 Å². The first-order valence-corrected chi connectivity index (χ1v) is 8.90. The Balaban J connectivity index is 1.69. The monoisotopic (exact) mass is 349 g/mol. The molecule has 1 N–H and O–H groups in total. The maximum Gasteiger partial charge on any atom is 0.142 e. The van der Waals surface area contributed by atoms with Crippen LogP contribution in [0.2, 0.25) is 0 Å². The van der Waals surface area contributed by atoms with Gasteiger partial charge in [-0.05, 0) is 50.2 Å². The molecule has 0 aliphatic rings. The van der Waals surface area contributed by atoms with Gasteiger partial charge in [-0.3, -0.25) is 0 Å². The quantitative estimate of drug-likeness (QED) is 0.457. The lowest BCUT2D eigenvalue weighted by Gasteiger charge is -2.08. The van der Waals surface area contributed by atoms with Crippen LogP contribution in [0, 0.1) is 13.8 Å². The van der Waals surface area contributed by atoms with Crippen LogP contribution in [0.4, 0.5) is 0 Å². The van der Waals surface area contributed by atoms with Crippen molar-refractivity contribution in [2.45, 2.75) is 18.7 Å². The van der Waals surface area contributed by atoms with E-state index < -0.39 is 0 Å². The van der Waals surface area contributed by atoms with E-state index in [1.165, 1.54) is 28.4 Å². The molecule has 0 fully saturated rings. The third-order valence-electron chi connectivity index (χ3n) is 4.44. The van der Waals surface area contributed by atoms with Crippen molar-refractivity contribution < 1.29 is 8.92 Å². The van der Waals surface area contributed by atoms with Gasteiger partial charge in [0.2, 0.25) is 0 Å². The largest absolute Gasteiger partial charge is 0.497 e. The highest BCUT2D eigenvalue weighted by atomic mass is 32.2. The van der Waals surface area contributed by atoms with E-state index in [4.69, 9.17) is 8.92 Å². The molecule has 0 aliphatic carbocycles. The molecule has 0 saturated carbocycles. The van der Waals surface area contributed by atoms with Gasteiger partial charge in [0.1, 0.15) is 11.5 Å². The summed E-state index contributed by atoms with van der Waals surface area (Å²) in [5.74, 6) is 1.72. The summed E-state index contributed by atoms with van der Waals surface area (Å²) in [6.07, 6.45) is 0. The molecule has 0 saturated heterocycles. The Morgan fingerprint density at radius 3 is 2.40 bits per heavy atom. The number of aryl methyl sites for hydroxylation is 2. The van der Waals surface area contributed by atoms with E-state index in [0.29, 0.717) is 0 Å². The normalized spacial score (nSPS) is 11.2. The minimum Gasteiger partial charge on any atom is -0.497 e. The number of nitrogens with one attached hydrogen (secondary N) is 1. The molecule has 4 heteroatoms. The van der Waals surface area contributed by atoms with Crippen molar-refractivity contribution in [3.05, 3.63) is 65.7 Å². The number of fused-ring (bicyclic) bond motifs is 3. The summed E-state index contributed by atoms with van der Waals surface area (Å²) in [5, 5.41) is 2.39. The average Bonchev–Trinajstić information content (AvgIpc) is 3.01. The van der Waals surface area contributed by atoms with Gasteiger partial charge in [-0.2, -0.15) is 0 Å². The predicted molar refractivity (Wildman–Crippen MR) is 105 cm³/mol. The van der Waals surface area contributed by atoms with E-state index in [-0.39, 0.29) is 0 Å². The number of rotatable bonds is 4. The van der Waals surface area contributed by atoms with Crippen LogP contribution in [0.25, 0.3) is 21.8 Å². The summed E-state index contributed by atoms with van der Waals surface area (Å²) in [4.78, 5) is 4.59. The van der Waals surface area contributed by atoms with Crippen LogP contribution in [-0.2, 0) is 0 Å². The number of aromatic amines is 1. The molecule has 0 spiro atoms. The zero-order valence-electron chi connectivity index (χ0n) is 14.4. The molecular weight excluding hydrogens is 330 g/mol. The molecule has 3 nitrogen and oxygen atoms in total. The molecule has 0 radical (unpaired) electrons. The molecule has 0 bridgehead atoms. The van der Waals surface area contributed by atoms with Gasteiger partial charge in [-0.15, -0.1) is 0 Å². The van der Waals surface area contributed by atoms with Crippen LogP contribution in [-0.4, -0.2) is 12.1 Å². The number of ether oxygens (including phenoxy) is 1. The number of H-pyrrole nitrogens is 1. The number of hydrogen-bond acceptors (Lipinski definition) is 3. The summed E-state index contributed by atoms with van der Waals surface area (Å²) in [6, 6.07) is 18.6. The second kappa shape index (κ2) is 6.37. The van der Waals surface area contributed by atoms with Crippen molar-refractivity contribution in [3.63, 3.8) is 0 Å². The van der Waals surface area contributed by atoms with Gasteiger partial charge in [0.15, 0.2) is 0 Å². The van der Waals surface area contributed by atoms with Crippen molar-refractivity contribution in [2.24, 2.45) is 0 Å². The third-order valence-corrected chi connectivity index (χ3v) is 5.17. The number of aromatic nitrogens is 1. The second-order valence-corrected chi connectivity index (χ2v) is 6.93. The summed E-state index contributed by atoms with van der Waals surface area (Å²) in [5.41, 5.74) is 4.52. The number of hydrogen-bond donors (Lipinski definition) is 1. The van der Waals surface area contributed by atoms with Gasteiger partial charge >= 0.3 is 0 Å². The van der Waals surface area contributed by atoms with E-state index in [9.17, 15) is 0 Å². The predicted octanol–water partition coefficient (Wildman–Crippen LogP) is 6.03. The fourth-order valence-corrected chi connectivity index (χ4v) is 3.59. The van der Waals surface area contributed by atoms with Crippen molar-refractivity contribution in [1.29, 1.82) is 0 Å². The third kappa shape index (κ3) is 2.94. The lowest BCUT2D eigenvalue weighted by Crippen LogP contribution is -1.87. The molecular formula is C21H19NO2S. The first-order valence-electron chi connectivity index (χ1n) is 8.16. The van der Waals surface area contributed by atoms with Crippen LogP contribution in [0.15, 0.2) is 59.5 Å². The Hall–Kier alpha value is -2.59. The molecule has 0 atom stereocenters. The Morgan fingerprint density at radius 2 is 1.64 bits per heavy atom. The smallest absolute Gasteiger partial charge is 0.142 e. The minimum absolute atomic E-state index is 0.850. The summed E-state index contributed by atoms with van der Waals surface area (Å²) in [7, 11) is 1.68. The first kappa shape index (κ1) is 15.9. The average molecular weight is 349 g/mol. The molecule has 1 heterocycles. The Morgan fingerprint density at radius 1 is 0.880 bits per heavy atom. The maximum atomic E-state index is 5.98. The van der Waals surface area contributed by atoms with Gasteiger partial charge in [-0.1, -0.05) is 17.7 Å². The highest BCUT2D eigenvalue weighted by molar-refractivity contribution is 7.95. The lowest BCUT2D eigenvalue weighted by atomic mass is 10.1. The first-order chi connectivity index (χ1) is 12.2. The van der Waals surface area contributed by atoms with E-state index in [0.717, 1.165) is 33.0 Å². The van der Waals surface area contributed by atoms with Gasteiger partial charge in [0.25, 0.3) is 0 Å². The van der Waals surface area contributed by atoms with Crippen molar-refractivity contribution >= 4 is 33.8 Å². The van der Waals surface area contributed by atoms with Crippen molar-refractivity contribution in [1.82, 2.24) is 4.98 Å². The Labute approximate surface area is 151 Å². The molecule has 0 aliphatic heterocycles. The maximum absolute atomic E-state index is 5.98. The van der Waals surface area contributed by atoms with Gasteiger partial charge in [-0.25, -0.2) is 0 Å². The van der Waals surface area contributed by atoms with Crippen LogP contribution in [0.5, 0.6) is 11.5 Å². The molecule has 1 aromatic heterocycles. The molecule has 4 rings (SSSR count). The second-order valence-electron chi connectivity index (χ2n) is 6.13. The fraction of sp³-hybridized carbons (Fsp3) is 0.143. The van der Waals surface area contributed by atoms with E-state index >= 15 is 0 Å². The summed E-state index contributed by atoms with van der Waals surface area (Å²) in [6.45, 7) is 4.16. The standard InChI is InChI=1S/C21H19NO2S/c1-13-4-7-16(8-5-13)25-24-20-11-10-18-17-9-6-15(23-3)12-19(17)22-21(18)14(20)2/h4-12,22H,1-3H3. The zero-order valence-corrected chi connectivity index (χ0v) is 15.2. The number of benzene rings is 3. The topological polar surface area (TPSA) is 34.2 Å². The SMILES string of the molecule is COc1ccc2c(c1)[nH]c1c(C)c(OSc3ccc(C)cc3)ccc12.